The van der Waals surface area contributed by atoms with Crippen molar-refractivity contribution in [3.05, 3.63) is 34.4 Å². The molecule has 2 heterocycles. The molecule has 2 N–H and O–H groups in total. The molecule has 1 fully saturated rings. The fourth-order valence-corrected chi connectivity index (χ4v) is 2.87. The van der Waals surface area contributed by atoms with Crippen molar-refractivity contribution in [2.45, 2.75) is 37.8 Å². The largest absolute Gasteiger partial charge is 0.480 e. The summed E-state index contributed by atoms with van der Waals surface area (Å²) in [6, 6.07) is -0.813. The topological polar surface area (TPSA) is 88.2 Å². The summed E-state index contributed by atoms with van der Waals surface area (Å²) in [5, 5.41) is 14.0. The molecule has 0 bridgehead atoms. The second-order valence-corrected chi connectivity index (χ2v) is 5.58. The quantitative estimate of drug-likeness (QED) is 0.849. The van der Waals surface area contributed by atoms with Crippen LogP contribution in [0.4, 0.5) is 0 Å². The normalized spacial score (nSPS) is 16.8. The van der Waals surface area contributed by atoms with Crippen LogP contribution in [-0.4, -0.2) is 21.0 Å². The summed E-state index contributed by atoms with van der Waals surface area (Å²) in [7, 11) is 0. The Labute approximate surface area is 119 Å². The highest BCUT2D eigenvalue weighted by Crippen LogP contribution is 2.37. The van der Waals surface area contributed by atoms with E-state index in [1.54, 1.807) is 10.9 Å². The van der Waals surface area contributed by atoms with Crippen molar-refractivity contribution in [3.8, 4) is 0 Å². The van der Waals surface area contributed by atoms with Crippen molar-refractivity contribution < 1.29 is 14.3 Å². The third-order valence-electron chi connectivity index (χ3n) is 3.62. The molecular formula is C13H15N3O3S. The molecule has 1 aliphatic carbocycles. The van der Waals surface area contributed by atoms with Gasteiger partial charge in [-0.25, -0.2) is 9.97 Å². The molecule has 2 aromatic rings. The van der Waals surface area contributed by atoms with E-state index in [1.165, 1.54) is 24.2 Å². The number of carboxylic acid groups (broad SMARTS) is 1. The smallest absolute Gasteiger partial charge is 0.327 e. The third kappa shape index (κ3) is 2.59. The fourth-order valence-electron chi connectivity index (χ4n) is 2.29. The molecule has 0 radical (unpaired) electrons. The monoisotopic (exact) mass is 293 g/mol. The SMILES string of the molecule is O=C(O)C(NCc1ncoc1C1CCC1)c1cscn1. The number of nitrogens with zero attached hydrogens (tertiary/aromatic N) is 2. The van der Waals surface area contributed by atoms with Gasteiger partial charge in [0.1, 0.15) is 11.8 Å². The lowest BCUT2D eigenvalue weighted by Gasteiger charge is -2.23. The first-order chi connectivity index (χ1) is 9.75. The van der Waals surface area contributed by atoms with Gasteiger partial charge in [0.05, 0.1) is 16.9 Å². The van der Waals surface area contributed by atoms with E-state index in [4.69, 9.17) is 4.42 Å². The average molecular weight is 293 g/mol. The zero-order valence-electron chi connectivity index (χ0n) is 10.8. The molecular weight excluding hydrogens is 278 g/mol. The van der Waals surface area contributed by atoms with Crippen molar-refractivity contribution in [1.29, 1.82) is 0 Å². The third-order valence-corrected chi connectivity index (χ3v) is 4.22. The van der Waals surface area contributed by atoms with Gasteiger partial charge in [-0.15, -0.1) is 11.3 Å². The van der Waals surface area contributed by atoms with E-state index in [2.05, 4.69) is 15.3 Å². The number of hydrogen-bond donors (Lipinski definition) is 2. The van der Waals surface area contributed by atoms with Crippen molar-refractivity contribution in [2.24, 2.45) is 0 Å². The second-order valence-electron chi connectivity index (χ2n) is 4.86. The van der Waals surface area contributed by atoms with Crippen LogP contribution in [0.5, 0.6) is 0 Å². The minimum atomic E-state index is -0.940. The number of carboxylic acids is 1. The zero-order valence-corrected chi connectivity index (χ0v) is 11.6. The lowest BCUT2D eigenvalue weighted by molar-refractivity contribution is -0.139. The van der Waals surface area contributed by atoms with Crippen LogP contribution in [0.15, 0.2) is 21.7 Å². The van der Waals surface area contributed by atoms with Gasteiger partial charge < -0.3 is 9.52 Å². The average Bonchev–Trinajstić information content (AvgIpc) is 2.99. The van der Waals surface area contributed by atoms with Gasteiger partial charge in [-0.3, -0.25) is 10.1 Å². The van der Waals surface area contributed by atoms with Crippen LogP contribution < -0.4 is 5.32 Å². The predicted molar refractivity (Wildman–Crippen MR) is 72.4 cm³/mol. The van der Waals surface area contributed by atoms with Crippen LogP contribution in [-0.2, 0) is 11.3 Å². The maximum Gasteiger partial charge on any atom is 0.327 e. The molecule has 0 spiro atoms. The van der Waals surface area contributed by atoms with E-state index in [1.807, 2.05) is 0 Å². The number of hydrogen-bond acceptors (Lipinski definition) is 6. The molecule has 0 aliphatic heterocycles. The van der Waals surface area contributed by atoms with Crippen LogP contribution >= 0.6 is 11.3 Å². The minimum absolute atomic E-state index is 0.372. The number of rotatable bonds is 6. The first kappa shape index (κ1) is 13.3. The maximum atomic E-state index is 11.3. The molecule has 1 aliphatic rings. The molecule has 3 rings (SSSR count). The number of thiazole rings is 1. The van der Waals surface area contributed by atoms with Crippen LogP contribution in [0.1, 0.15) is 48.4 Å². The summed E-state index contributed by atoms with van der Waals surface area (Å²) in [5.74, 6) is 0.396. The van der Waals surface area contributed by atoms with Gasteiger partial charge in [0, 0.05) is 17.8 Å². The molecule has 7 heteroatoms. The van der Waals surface area contributed by atoms with Crippen molar-refractivity contribution in [1.82, 2.24) is 15.3 Å². The van der Waals surface area contributed by atoms with Gasteiger partial charge in [0.25, 0.3) is 0 Å². The Bertz CT molecular complexity index is 577. The highest BCUT2D eigenvalue weighted by atomic mass is 32.1. The minimum Gasteiger partial charge on any atom is -0.480 e. The maximum absolute atomic E-state index is 11.3. The summed E-state index contributed by atoms with van der Waals surface area (Å²) in [6.45, 7) is 0.372. The van der Waals surface area contributed by atoms with Gasteiger partial charge in [-0.2, -0.15) is 0 Å². The number of nitrogens with one attached hydrogen (secondary N) is 1. The molecule has 6 nitrogen and oxygen atoms in total. The highest BCUT2D eigenvalue weighted by Gasteiger charge is 2.27. The number of aliphatic carboxylic acids is 1. The van der Waals surface area contributed by atoms with Gasteiger partial charge in [-0.1, -0.05) is 6.42 Å². The van der Waals surface area contributed by atoms with Gasteiger partial charge in [0.2, 0.25) is 0 Å². The van der Waals surface area contributed by atoms with E-state index in [0.717, 1.165) is 24.3 Å². The Kier molecular flexibility index (Phi) is 3.79. The lowest BCUT2D eigenvalue weighted by atomic mass is 9.83. The molecule has 0 saturated heterocycles. The Morgan fingerprint density at radius 3 is 3.00 bits per heavy atom. The summed E-state index contributed by atoms with van der Waals surface area (Å²) in [4.78, 5) is 19.5. The Hall–Kier alpha value is -1.73. The van der Waals surface area contributed by atoms with Gasteiger partial charge in [0.15, 0.2) is 6.39 Å². The number of oxazole rings is 1. The highest BCUT2D eigenvalue weighted by molar-refractivity contribution is 7.07. The summed E-state index contributed by atoms with van der Waals surface area (Å²) < 4.78 is 5.44. The van der Waals surface area contributed by atoms with Crippen molar-refractivity contribution >= 4 is 17.3 Å². The number of aromatic nitrogens is 2. The van der Waals surface area contributed by atoms with Gasteiger partial charge in [-0.05, 0) is 12.8 Å². The van der Waals surface area contributed by atoms with Crippen LogP contribution in [0.25, 0.3) is 0 Å². The van der Waals surface area contributed by atoms with Gasteiger partial charge >= 0.3 is 5.97 Å². The van der Waals surface area contributed by atoms with E-state index in [-0.39, 0.29) is 0 Å². The standard InChI is InChI=1S/C13H15N3O3S/c17-13(18)11(10-5-20-7-16-10)14-4-9-12(19-6-15-9)8-2-1-3-8/h5-8,11,14H,1-4H2,(H,17,18). The molecule has 20 heavy (non-hydrogen) atoms. The van der Waals surface area contributed by atoms with Crippen molar-refractivity contribution in [2.75, 3.05) is 0 Å². The van der Waals surface area contributed by atoms with E-state index in [9.17, 15) is 9.90 Å². The lowest BCUT2D eigenvalue weighted by Crippen LogP contribution is -2.29. The predicted octanol–water partition coefficient (Wildman–Crippen LogP) is 2.31. The first-order valence-electron chi connectivity index (χ1n) is 6.52. The second kappa shape index (κ2) is 5.72. The Balaban J connectivity index is 1.68. The zero-order chi connectivity index (χ0) is 13.9. The summed E-state index contributed by atoms with van der Waals surface area (Å²) >= 11 is 1.38. The Morgan fingerprint density at radius 1 is 1.55 bits per heavy atom. The molecule has 1 atom stereocenters. The van der Waals surface area contributed by atoms with Crippen molar-refractivity contribution in [3.63, 3.8) is 0 Å². The fraction of sp³-hybridized carbons (Fsp3) is 0.462. The molecule has 1 saturated carbocycles. The number of carbonyl (C=O) groups is 1. The summed E-state index contributed by atoms with van der Waals surface area (Å²) in [5.41, 5.74) is 2.95. The van der Waals surface area contributed by atoms with Crippen LogP contribution in [0, 0.1) is 0 Å². The van der Waals surface area contributed by atoms with Crippen LogP contribution in [0.2, 0.25) is 0 Å². The molecule has 2 aromatic heterocycles. The molecule has 0 amide bonds. The summed E-state index contributed by atoms with van der Waals surface area (Å²) in [6.07, 6.45) is 4.89. The molecule has 106 valence electrons. The van der Waals surface area contributed by atoms with Crippen LogP contribution in [0.3, 0.4) is 0 Å². The first-order valence-corrected chi connectivity index (χ1v) is 7.46. The van der Waals surface area contributed by atoms with E-state index >= 15 is 0 Å². The Morgan fingerprint density at radius 2 is 2.40 bits per heavy atom. The molecule has 1 unspecified atom stereocenters. The van der Waals surface area contributed by atoms with E-state index < -0.39 is 12.0 Å². The molecule has 0 aromatic carbocycles. The van der Waals surface area contributed by atoms with E-state index in [0.29, 0.717) is 18.2 Å².